The van der Waals surface area contributed by atoms with Crippen molar-refractivity contribution in [3.63, 3.8) is 0 Å². The molecule has 104 valence electrons. The van der Waals surface area contributed by atoms with E-state index in [0.717, 1.165) is 10.5 Å². The van der Waals surface area contributed by atoms with Gasteiger partial charge in [-0.05, 0) is 36.1 Å². The molecule has 0 atom stereocenters. The van der Waals surface area contributed by atoms with Crippen molar-refractivity contribution < 1.29 is 8.42 Å². The van der Waals surface area contributed by atoms with Crippen molar-refractivity contribution in [3.8, 4) is 0 Å². The highest BCUT2D eigenvalue weighted by atomic mass is 32.2. The van der Waals surface area contributed by atoms with E-state index < -0.39 is 10.0 Å². The van der Waals surface area contributed by atoms with Gasteiger partial charge >= 0.3 is 0 Å². The molecule has 0 amide bonds. The van der Waals surface area contributed by atoms with Gasteiger partial charge in [-0.2, -0.15) is 13.5 Å². The van der Waals surface area contributed by atoms with Crippen LogP contribution in [0.1, 0.15) is 5.56 Å². The Morgan fingerprint density at radius 2 is 1.70 bits per heavy atom. The molecule has 0 fully saturated rings. The molecule has 0 saturated carbocycles. The summed E-state index contributed by atoms with van der Waals surface area (Å²) in [6, 6.07) is 15.8. The monoisotopic (exact) mass is 306 g/mol. The standard InChI is InChI=1S/C14H14N2O2S2/c1-19-13-9-7-12(8-10-13)11-15-16-20(17,18)14-5-3-2-4-6-14/h2-11,16H,1H3/b15-11-. The van der Waals surface area contributed by atoms with Gasteiger partial charge in [-0.15, -0.1) is 11.8 Å². The van der Waals surface area contributed by atoms with E-state index in [1.165, 1.54) is 18.3 Å². The highest BCUT2D eigenvalue weighted by Crippen LogP contribution is 2.14. The lowest BCUT2D eigenvalue weighted by molar-refractivity contribution is 0.584. The first-order chi connectivity index (χ1) is 9.62. The molecule has 20 heavy (non-hydrogen) atoms. The predicted octanol–water partition coefficient (Wildman–Crippen LogP) is 2.72. The molecular formula is C14H14N2O2S2. The summed E-state index contributed by atoms with van der Waals surface area (Å²) in [7, 11) is -3.60. The highest BCUT2D eigenvalue weighted by molar-refractivity contribution is 7.98. The largest absolute Gasteiger partial charge is 0.276 e. The zero-order valence-corrected chi connectivity index (χ0v) is 12.5. The topological polar surface area (TPSA) is 58.5 Å². The molecule has 1 N–H and O–H groups in total. The fraction of sp³-hybridized carbons (Fsp3) is 0.0714. The summed E-state index contributed by atoms with van der Waals surface area (Å²) >= 11 is 1.65. The van der Waals surface area contributed by atoms with E-state index in [1.807, 2.05) is 30.5 Å². The van der Waals surface area contributed by atoms with E-state index in [4.69, 9.17) is 0 Å². The van der Waals surface area contributed by atoms with Gasteiger partial charge in [-0.3, -0.25) is 0 Å². The van der Waals surface area contributed by atoms with Crippen molar-refractivity contribution in [2.24, 2.45) is 5.10 Å². The quantitative estimate of drug-likeness (QED) is 0.525. The summed E-state index contributed by atoms with van der Waals surface area (Å²) in [5.74, 6) is 0. The number of thioether (sulfide) groups is 1. The molecule has 6 heteroatoms. The molecule has 0 heterocycles. The fourth-order valence-corrected chi connectivity index (χ4v) is 2.73. The SMILES string of the molecule is CSc1ccc(/C=N\NS(=O)(=O)c2ccccc2)cc1. The van der Waals surface area contributed by atoms with Crippen LogP contribution in [0.25, 0.3) is 0 Å². The maximum Gasteiger partial charge on any atom is 0.276 e. The van der Waals surface area contributed by atoms with Gasteiger partial charge in [0.15, 0.2) is 0 Å². The van der Waals surface area contributed by atoms with Crippen LogP contribution in [0.5, 0.6) is 0 Å². The van der Waals surface area contributed by atoms with Crippen molar-refractivity contribution >= 4 is 28.0 Å². The number of hydrogen-bond donors (Lipinski definition) is 1. The average Bonchev–Trinajstić information content (AvgIpc) is 2.49. The second kappa shape index (κ2) is 6.58. The third-order valence-corrected chi connectivity index (χ3v) is 4.54. The summed E-state index contributed by atoms with van der Waals surface area (Å²) in [6.07, 6.45) is 3.47. The number of nitrogens with zero attached hydrogens (tertiary/aromatic N) is 1. The van der Waals surface area contributed by atoms with Gasteiger partial charge in [0.2, 0.25) is 0 Å². The molecule has 0 bridgehead atoms. The predicted molar refractivity (Wildman–Crippen MR) is 82.6 cm³/mol. The minimum atomic E-state index is -3.60. The molecule has 2 aromatic carbocycles. The van der Waals surface area contributed by atoms with Crippen LogP contribution in [0.15, 0.2) is 69.5 Å². The van der Waals surface area contributed by atoms with Gasteiger partial charge < -0.3 is 0 Å². The molecule has 0 saturated heterocycles. The Balaban J connectivity index is 2.05. The van der Waals surface area contributed by atoms with Crippen LogP contribution in [-0.2, 0) is 10.0 Å². The Bertz CT molecular complexity index is 681. The third kappa shape index (κ3) is 3.85. The van der Waals surface area contributed by atoms with Crippen LogP contribution < -0.4 is 4.83 Å². The number of rotatable bonds is 5. The van der Waals surface area contributed by atoms with Crippen LogP contribution >= 0.6 is 11.8 Å². The van der Waals surface area contributed by atoms with Crippen LogP contribution in [0.4, 0.5) is 0 Å². The van der Waals surface area contributed by atoms with Crippen molar-refractivity contribution in [2.45, 2.75) is 9.79 Å². The minimum absolute atomic E-state index is 0.190. The Morgan fingerprint density at radius 3 is 2.30 bits per heavy atom. The Labute approximate surface area is 123 Å². The molecule has 4 nitrogen and oxygen atoms in total. The van der Waals surface area contributed by atoms with E-state index in [9.17, 15) is 8.42 Å². The van der Waals surface area contributed by atoms with Gasteiger partial charge in [0.25, 0.3) is 10.0 Å². The van der Waals surface area contributed by atoms with Gasteiger partial charge in [-0.25, -0.2) is 4.83 Å². The maximum absolute atomic E-state index is 11.9. The van der Waals surface area contributed by atoms with Gasteiger partial charge in [0.05, 0.1) is 11.1 Å². The molecule has 0 aliphatic carbocycles. The molecule has 0 aromatic heterocycles. The Kier molecular flexibility index (Phi) is 4.81. The maximum atomic E-state index is 11.9. The van der Waals surface area contributed by atoms with Crippen molar-refractivity contribution in [1.29, 1.82) is 0 Å². The molecule has 0 aliphatic heterocycles. The third-order valence-electron chi connectivity index (χ3n) is 2.56. The Hall–Kier alpha value is -1.79. The normalized spacial score (nSPS) is 11.7. The van der Waals surface area contributed by atoms with E-state index >= 15 is 0 Å². The zero-order valence-electron chi connectivity index (χ0n) is 10.9. The lowest BCUT2D eigenvalue weighted by Gasteiger charge is -2.02. The molecule has 2 aromatic rings. The van der Waals surface area contributed by atoms with Gasteiger partial charge in [0.1, 0.15) is 0 Å². The zero-order chi connectivity index (χ0) is 14.4. The van der Waals surface area contributed by atoms with Crippen molar-refractivity contribution in [1.82, 2.24) is 4.83 Å². The van der Waals surface area contributed by atoms with Gasteiger partial charge in [0, 0.05) is 4.90 Å². The number of hydrogen-bond acceptors (Lipinski definition) is 4. The lowest BCUT2D eigenvalue weighted by atomic mass is 10.2. The Morgan fingerprint density at radius 1 is 1.05 bits per heavy atom. The highest BCUT2D eigenvalue weighted by Gasteiger charge is 2.10. The average molecular weight is 306 g/mol. The van der Waals surface area contributed by atoms with E-state index in [0.29, 0.717) is 0 Å². The lowest BCUT2D eigenvalue weighted by Crippen LogP contribution is -2.18. The molecule has 0 radical (unpaired) electrons. The molecular weight excluding hydrogens is 292 g/mol. The molecule has 0 aliphatic rings. The first-order valence-corrected chi connectivity index (χ1v) is 8.56. The summed E-state index contributed by atoms with van der Waals surface area (Å²) in [5.41, 5.74) is 0.832. The molecule has 0 unspecified atom stereocenters. The van der Waals surface area contributed by atoms with Crippen molar-refractivity contribution in [2.75, 3.05) is 6.26 Å². The van der Waals surface area contributed by atoms with Gasteiger partial charge in [-0.1, -0.05) is 30.3 Å². The second-order valence-electron chi connectivity index (χ2n) is 3.94. The van der Waals surface area contributed by atoms with Crippen LogP contribution in [-0.4, -0.2) is 20.9 Å². The van der Waals surface area contributed by atoms with Crippen LogP contribution in [0.2, 0.25) is 0 Å². The van der Waals surface area contributed by atoms with Crippen LogP contribution in [0.3, 0.4) is 0 Å². The minimum Gasteiger partial charge on any atom is -0.200 e. The number of benzene rings is 2. The van der Waals surface area contributed by atoms with E-state index in [2.05, 4.69) is 9.93 Å². The number of nitrogens with one attached hydrogen (secondary N) is 1. The molecule has 2 rings (SSSR count). The van der Waals surface area contributed by atoms with Crippen LogP contribution in [0, 0.1) is 0 Å². The summed E-state index contributed by atoms with van der Waals surface area (Å²) in [5, 5.41) is 3.78. The van der Waals surface area contributed by atoms with E-state index in [-0.39, 0.29) is 4.90 Å². The summed E-state index contributed by atoms with van der Waals surface area (Å²) in [6.45, 7) is 0. The molecule has 0 spiro atoms. The first-order valence-electron chi connectivity index (χ1n) is 5.86. The summed E-state index contributed by atoms with van der Waals surface area (Å²) in [4.78, 5) is 3.52. The number of sulfonamides is 1. The van der Waals surface area contributed by atoms with Crippen molar-refractivity contribution in [3.05, 3.63) is 60.2 Å². The van der Waals surface area contributed by atoms with E-state index in [1.54, 1.807) is 30.0 Å². The smallest absolute Gasteiger partial charge is 0.200 e. The number of hydrazone groups is 1. The fourth-order valence-electron chi connectivity index (χ4n) is 1.51. The second-order valence-corrected chi connectivity index (χ2v) is 6.48. The summed E-state index contributed by atoms with van der Waals surface area (Å²) < 4.78 is 23.8. The first kappa shape index (κ1) is 14.6.